The van der Waals surface area contributed by atoms with Crippen LogP contribution in [0.3, 0.4) is 0 Å². The molecule has 5 nitrogen and oxygen atoms in total. The second kappa shape index (κ2) is 8.60. The summed E-state index contributed by atoms with van der Waals surface area (Å²) in [6.07, 6.45) is 4.98. The van der Waals surface area contributed by atoms with Crippen molar-refractivity contribution in [2.24, 2.45) is 0 Å². The first kappa shape index (κ1) is 19.1. The van der Waals surface area contributed by atoms with Crippen molar-refractivity contribution in [3.63, 3.8) is 0 Å². The molecule has 1 heterocycles. The highest BCUT2D eigenvalue weighted by molar-refractivity contribution is 6.71. The van der Waals surface area contributed by atoms with Crippen molar-refractivity contribution < 1.29 is 18.7 Å². The number of aliphatic hydroxyl groups excluding tert-OH is 1. The zero-order valence-electron chi connectivity index (χ0n) is 14.4. The van der Waals surface area contributed by atoms with Crippen molar-refractivity contribution in [2.75, 3.05) is 41.5 Å². The maximum absolute atomic E-state index is 9.10. The molecule has 6 heteroatoms. The van der Waals surface area contributed by atoms with Gasteiger partial charge >= 0.3 is 8.56 Å². The van der Waals surface area contributed by atoms with E-state index in [0.717, 1.165) is 44.7 Å². The minimum Gasteiger partial charge on any atom is -0.396 e. The van der Waals surface area contributed by atoms with Crippen LogP contribution in [0.5, 0.6) is 0 Å². The van der Waals surface area contributed by atoms with Gasteiger partial charge < -0.3 is 23.6 Å². The van der Waals surface area contributed by atoms with Crippen molar-refractivity contribution in [3.8, 4) is 0 Å². The van der Waals surface area contributed by atoms with E-state index in [-0.39, 0.29) is 17.9 Å². The van der Waals surface area contributed by atoms with Crippen molar-refractivity contribution in [2.45, 2.75) is 56.3 Å². The van der Waals surface area contributed by atoms with E-state index in [1.165, 1.54) is 0 Å². The van der Waals surface area contributed by atoms with Crippen molar-refractivity contribution >= 4 is 8.56 Å². The Morgan fingerprint density at radius 3 is 2.43 bits per heavy atom. The number of aliphatic hydroxyl groups is 1. The van der Waals surface area contributed by atoms with Crippen LogP contribution in [0, 0.1) is 0 Å². The van der Waals surface area contributed by atoms with Crippen molar-refractivity contribution in [3.05, 3.63) is 0 Å². The second-order valence-electron chi connectivity index (χ2n) is 5.97. The number of likely N-dealkylation sites (N-methyl/N-ethyl adjacent to an activating group) is 1. The molecular formula is C15H33NO4Si. The smallest absolute Gasteiger partial charge is 0.372 e. The Kier molecular flexibility index (Phi) is 7.81. The Morgan fingerprint density at radius 1 is 1.29 bits per heavy atom. The van der Waals surface area contributed by atoms with Gasteiger partial charge in [0.1, 0.15) is 5.22 Å². The predicted molar refractivity (Wildman–Crippen MR) is 86.6 cm³/mol. The molecule has 0 spiro atoms. The first-order chi connectivity index (χ1) is 10.1. The van der Waals surface area contributed by atoms with Gasteiger partial charge in [-0.25, -0.2) is 0 Å². The van der Waals surface area contributed by atoms with E-state index in [2.05, 4.69) is 18.9 Å². The minimum absolute atomic E-state index is 0.224. The van der Waals surface area contributed by atoms with Crippen LogP contribution in [0.15, 0.2) is 0 Å². The molecule has 0 aromatic heterocycles. The Morgan fingerprint density at radius 2 is 1.95 bits per heavy atom. The largest absolute Gasteiger partial charge is 0.396 e. The van der Waals surface area contributed by atoms with Gasteiger partial charge in [0.2, 0.25) is 0 Å². The molecule has 0 bridgehead atoms. The SMILES string of the molecule is CCCC1(OC)C(N(C)CCCO)CCC[Si]1(OC)OC. The van der Waals surface area contributed by atoms with Crippen LogP contribution in [0.1, 0.15) is 39.0 Å². The van der Waals surface area contributed by atoms with Gasteiger partial charge in [0, 0.05) is 40.5 Å². The molecule has 1 fully saturated rings. The van der Waals surface area contributed by atoms with Crippen LogP contribution in [0.2, 0.25) is 6.04 Å². The van der Waals surface area contributed by atoms with Crippen molar-refractivity contribution in [1.82, 2.24) is 4.90 Å². The van der Waals surface area contributed by atoms with E-state index in [4.69, 9.17) is 18.7 Å². The molecule has 0 radical (unpaired) electrons. The van der Waals surface area contributed by atoms with Crippen molar-refractivity contribution in [1.29, 1.82) is 0 Å². The lowest BCUT2D eigenvalue weighted by Gasteiger charge is -2.54. The fraction of sp³-hybridized carbons (Fsp3) is 1.00. The quantitative estimate of drug-likeness (QED) is 0.658. The molecule has 2 atom stereocenters. The summed E-state index contributed by atoms with van der Waals surface area (Å²) in [5, 5.41) is 8.76. The Labute approximate surface area is 130 Å². The Bertz CT molecular complexity index is 301. The summed E-state index contributed by atoms with van der Waals surface area (Å²) >= 11 is 0. The van der Waals surface area contributed by atoms with E-state index < -0.39 is 8.56 Å². The summed E-state index contributed by atoms with van der Waals surface area (Å²) in [6.45, 7) is 3.28. The standard InChI is InChI=1S/C15H33NO4Si/c1-6-10-15(18-3)14(16(2)11-8-12-17)9-7-13-21(15,19-4)20-5/h14,17H,6-13H2,1-5H3. The number of methoxy groups -OCH3 is 1. The van der Waals surface area contributed by atoms with E-state index in [1.807, 2.05) is 0 Å². The maximum Gasteiger partial charge on any atom is 0.372 e. The zero-order valence-corrected chi connectivity index (χ0v) is 15.4. The summed E-state index contributed by atoms with van der Waals surface area (Å²) in [5.74, 6) is 0. The lowest BCUT2D eigenvalue weighted by atomic mass is 9.98. The average molecular weight is 320 g/mol. The molecule has 1 rings (SSSR count). The fourth-order valence-electron chi connectivity index (χ4n) is 4.03. The number of ether oxygens (including phenoxy) is 1. The van der Waals surface area contributed by atoms with Gasteiger partial charge in [0.05, 0.1) is 0 Å². The second-order valence-corrected chi connectivity index (χ2v) is 9.64. The molecular weight excluding hydrogens is 286 g/mol. The highest BCUT2D eigenvalue weighted by Crippen LogP contribution is 2.44. The molecule has 1 aliphatic heterocycles. The molecule has 21 heavy (non-hydrogen) atoms. The Balaban J connectivity index is 3.13. The summed E-state index contributed by atoms with van der Waals surface area (Å²) in [5.41, 5.74) is 0. The molecule has 1 saturated heterocycles. The van der Waals surface area contributed by atoms with E-state index in [0.29, 0.717) is 0 Å². The number of hydrogen-bond acceptors (Lipinski definition) is 5. The van der Waals surface area contributed by atoms with Gasteiger partial charge in [-0.3, -0.25) is 0 Å². The highest BCUT2D eigenvalue weighted by Gasteiger charge is 2.63. The number of rotatable bonds is 9. The third kappa shape index (κ3) is 3.51. The Hall–Kier alpha value is 0.0169. The first-order valence-corrected chi connectivity index (χ1v) is 10.1. The van der Waals surface area contributed by atoms with Gasteiger partial charge in [0.25, 0.3) is 0 Å². The van der Waals surface area contributed by atoms with Crippen LogP contribution in [0.4, 0.5) is 0 Å². The van der Waals surface area contributed by atoms with Gasteiger partial charge in [0.15, 0.2) is 0 Å². The molecule has 2 unspecified atom stereocenters. The normalized spacial score (nSPS) is 29.0. The molecule has 0 amide bonds. The third-order valence-corrected chi connectivity index (χ3v) is 9.42. The molecule has 1 aliphatic rings. The summed E-state index contributed by atoms with van der Waals surface area (Å²) in [4.78, 5) is 2.33. The van der Waals surface area contributed by atoms with Gasteiger partial charge in [-0.15, -0.1) is 0 Å². The van der Waals surface area contributed by atoms with Gasteiger partial charge in [-0.05, 0) is 38.8 Å². The molecule has 0 aromatic carbocycles. The molecule has 126 valence electrons. The van der Waals surface area contributed by atoms with E-state index in [1.54, 1.807) is 21.3 Å². The maximum atomic E-state index is 9.10. The minimum atomic E-state index is -2.42. The number of hydrogen-bond donors (Lipinski definition) is 1. The number of nitrogens with zero attached hydrogens (tertiary/aromatic N) is 1. The monoisotopic (exact) mass is 319 g/mol. The lowest BCUT2D eigenvalue weighted by Crippen LogP contribution is -2.73. The average Bonchev–Trinajstić information content (AvgIpc) is 2.52. The van der Waals surface area contributed by atoms with E-state index in [9.17, 15) is 0 Å². The summed E-state index contributed by atoms with van der Waals surface area (Å²) in [7, 11) is 5.05. The molecule has 0 aromatic rings. The van der Waals surface area contributed by atoms with Crippen LogP contribution >= 0.6 is 0 Å². The van der Waals surface area contributed by atoms with Crippen LogP contribution in [-0.4, -0.2) is 71.4 Å². The van der Waals surface area contributed by atoms with Crippen LogP contribution < -0.4 is 0 Å². The lowest BCUT2D eigenvalue weighted by molar-refractivity contribution is -0.0688. The summed E-state index contributed by atoms with van der Waals surface area (Å²) in [6, 6.07) is 1.27. The van der Waals surface area contributed by atoms with Crippen LogP contribution in [-0.2, 0) is 13.6 Å². The fourth-order valence-corrected chi connectivity index (χ4v) is 8.21. The van der Waals surface area contributed by atoms with Gasteiger partial charge in [-0.1, -0.05) is 13.3 Å². The molecule has 1 N–H and O–H groups in total. The van der Waals surface area contributed by atoms with Crippen LogP contribution in [0.25, 0.3) is 0 Å². The first-order valence-electron chi connectivity index (χ1n) is 8.04. The topological polar surface area (TPSA) is 51.2 Å². The molecule has 0 aliphatic carbocycles. The third-order valence-electron chi connectivity index (χ3n) is 5.01. The van der Waals surface area contributed by atoms with Gasteiger partial charge in [-0.2, -0.15) is 0 Å². The molecule has 0 saturated carbocycles. The summed E-state index contributed by atoms with van der Waals surface area (Å²) < 4.78 is 18.1. The predicted octanol–water partition coefficient (Wildman–Crippen LogP) is 1.92. The zero-order chi connectivity index (χ0) is 15.9. The van der Waals surface area contributed by atoms with E-state index >= 15 is 0 Å². The highest BCUT2D eigenvalue weighted by atomic mass is 28.4.